The van der Waals surface area contributed by atoms with E-state index < -0.39 is 84.6 Å². The molecule has 29 heteroatoms. The molecule has 1 fully saturated rings. The molecule has 0 saturated carbocycles. The van der Waals surface area contributed by atoms with Gasteiger partial charge >= 0.3 is 23.5 Å². The Bertz CT molecular complexity index is 1850. The summed E-state index contributed by atoms with van der Waals surface area (Å²) in [6.45, 7) is 2.73. The topological polar surface area (TPSA) is 395 Å². The van der Waals surface area contributed by atoms with E-state index in [0.717, 1.165) is 48.2 Å². The maximum absolute atomic E-state index is 12.7. The first-order chi connectivity index (χ1) is 27.6. The summed E-state index contributed by atoms with van der Waals surface area (Å²) >= 11 is 1.14. The van der Waals surface area contributed by atoms with Gasteiger partial charge in [0.05, 0.1) is 19.5 Å². The van der Waals surface area contributed by atoms with Gasteiger partial charge in [0, 0.05) is 37.1 Å². The molecule has 0 radical (unpaired) electrons. The van der Waals surface area contributed by atoms with Crippen molar-refractivity contribution in [1.29, 1.82) is 0 Å². The number of aliphatic hydroxyl groups excluding tert-OH is 2. The third-order valence-corrected chi connectivity index (χ3v) is 12.8. The molecule has 1 aliphatic rings. The number of thioether (sulfide) groups is 1. The summed E-state index contributed by atoms with van der Waals surface area (Å²) < 4.78 is 62.2. The number of phosphoric acid groups is 3. The van der Waals surface area contributed by atoms with Crippen LogP contribution in [0, 0.1) is 5.41 Å². The van der Waals surface area contributed by atoms with Crippen molar-refractivity contribution in [2.75, 3.05) is 37.8 Å². The zero-order chi connectivity index (χ0) is 44.0. The average Bonchev–Trinajstić information content (AvgIpc) is 3.71. The van der Waals surface area contributed by atoms with Gasteiger partial charge in [0.1, 0.15) is 36.3 Å². The van der Waals surface area contributed by atoms with Gasteiger partial charge in [0.25, 0.3) is 0 Å². The molecule has 2 amide bonds. The molecule has 0 spiro atoms. The van der Waals surface area contributed by atoms with Crippen LogP contribution < -0.4 is 16.4 Å². The maximum Gasteiger partial charge on any atom is 0.481 e. The normalized spacial score (nSPS) is 20.8. The van der Waals surface area contributed by atoms with E-state index in [1.165, 1.54) is 39.5 Å². The monoisotopic (exact) mass is 939 g/mol. The molecule has 2 unspecified atom stereocenters. The van der Waals surface area contributed by atoms with E-state index in [0.29, 0.717) is 12.2 Å². The molecule has 60 heavy (non-hydrogen) atoms. The van der Waals surface area contributed by atoms with Crippen LogP contribution >= 0.6 is 35.2 Å². The zero-order valence-electron chi connectivity index (χ0n) is 33.2. The van der Waals surface area contributed by atoms with Crippen molar-refractivity contribution in [2.45, 2.75) is 109 Å². The summed E-state index contributed by atoms with van der Waals surface area (Å²) in [5, 5.41) is 26.5. The quantitative estimate of drug-likeness (QED) is 0.0445. The van der Waals surface area contributed by atoms with Crippen molar-refractivity contribution in [3.8, 4) is 0 Å². The summed E-state index contributed by atoms with van der Waals surface area (Å²) in [6, 6.07) is 0. The van der Waals surface area contributed by atoms with Crippen molar-refractivity contribution in [3.63, 3.8) is 0 Å². The number of phosphoric ester groups is 3. The number of nitrogens with two attached hydrogens (primary N) is 1. The highest BCUT2D eigenvalue weighted by atomic mass is 32.2. The third kappa shape index (κ3) is 17.7. The Labute approximate surface area is 349 Å². The number of rotatable bonds is 27. The molecule has 12 N–H and O–H groups in total. The lowest BCUT2D eigenvalue weighted by atomic mass is 9.87. The number of hydrogen-bond acceptors (Lipinski definition) is 18. The molecule has 0 aromatic carbocycles. The number of nitrogens with zero attached hydrogens (tertiary/aromatic N) is 4. The van der Waals surface area contributed by atoms with Crippen molar-refractivity contribution in [3.05, 3.63) is 12.7 Å². The molecule has 1 aliphatic heterocycles. The summed E-state index contributed by atoms with van der Waals surface area (Å²) in [6.07, 6.45) is 1.35. The van der Waals surface area contributed by atoms with Gasteiger partial charge in [-0.15, -0.1) is 0 Å². The highest BCUT2D eigenvalue weighted by Gasteiger charge is 2.50. The Balaban J connectivity index is 0.0000124. The van der Waals surface area contributed by atoms with Crippen LogP contribution in [0.5, 0.6) is 0 Å². The van der Waals surface area contributed by atoms with E-state index >= 15 is 0 Å². The summed E-state index contributed by atoms with van der Waals surface area (Å²) in [5.41, 5.74) is 4.28. The molecule has 2 aromatic heterocycles. The number of carbonyl (C=O) groups excluding carboxylic acids is 3. The molecular formula is C31H56N7O18P3S. The summed E-state index contributed by atoms with van der Waals surface area (Å²) in [7, 11) is -16.4. The zero-order valence-corrected chi connectivity index (χ0v) is 36.7. The number of imidazole rings is 1. The van der Waals surface area contributed by atoms with Gasteiger partial charge in [-0.2, -0.15) is 4.31 Å². The number of unbranched alkanes of at least 4 members (excludes halogenated alkanes) is 6. The van der Waals surface area contributed by atoms with E-state index in [1.54, 1.807) is 0 Å². The van der Waals surface area contributed by atoms with E-state index in [4.69, 9.17) is 19.5 Å². The Morgan fingerprint density at radius 2 is 1.62 bits per heavy atom. The van der Waals surface area contributed by atoms with Gasteiger partial charge in [-0.25, -0.2) is 28.6 Å². The van der Waals surface area contributed by atoms with Crippen LogP contribution in [-0.4, -0.2) is 128 Å². The fourth-order valence-electron chi connectivity index (χ4n) is 5.59. The highest BCUT2D eigenvalue weighted by molar-refractivity contribution is 8.13. The van der Waals surface area contributed by atoms with Gasteiger partial charge in [-0.05, 0) is 6.42 Å². The number of aliphatic hydroxyl groups is 2. The Morgan fingerprint density at radius 3 is 2.28 bits per heavy atom. The Hall–Kier alpha value is -2.48. The van der Waals surface area contributed by atoms with Crippen LogP contribution in [0.4, 0.5) is 5.82 Å². The molecule has 7 atom stereocenters. The number of ether oxygens (including phenoxy) is 1. The minimum Gasteiger partial charge on any atom is -0.412 e. The van der Waals surface area contributed by atoms with Crippen molar-refractivity contribution < 1.29 is 86.0 Å². The number of nitrogens with one attached hydrogen (secondary N) is 2. The molecule has 2 aromatic rings. The number of amides is 2. The van der Waals surface area contributed by atoms with Crippen LogP contribution in [0.2, 0.25) is 0 Å². The SMILES string of the molecule is CCCCCCCCCC(=O)SCCNC(=O)CCNC(=O)[C@H](O)C(C)(C)COP(=O)(O)OP(=O)(O)OC[C@H]1O[C@@H](n2cnc3c(N)ncnc32)[C@H](O)[C@@H]1OP(=O)(O)O.O. The van der Waals surface area contributed by atoms with Crippen LogP contribution in [0.1, 0.15) is 84.8 Å². The first kappa shape index (κ1) is 53.7. The van der Waals surface area contributed by atoms with Gasteiger partial charge in [0.2, 0.25) is 11.8 Å². The first-order valence-electron chi connectivity index (χ1n) is 18.6. The van der Waals surface area contributed by atoms with Crippen LogP contribution in [-0.2, 0) is 50.7 Å². The fraction of sp³-hybridized carbons (Fsp3) is 0.742. The molecular weight excluding hydrogens is 883 g/mol. The molecule has 0 bridgehead atoms. The summed E-state index contributed by atoms with van der Waals surface area (Å²) in [4.78, 5) is 87.8. The second-order valence-corrected chi connectivity index (χ2v) is 19.5. The van der Waals surface area contributed by atoms with Crippen molar-refractivity contribution >= 4 is 69.1 Å². The maximum atomic E-state index is 12.7. The third-order valence-electron chi connectivity index (χ3n) is 8.75. The molecule has 25 nitrogen and oxygen atoms in total. The molecule has 1 saturated heterocycles. The van der Waals surface area contributed by atoms with Gasteiger partial charge in [-0.3, -0.25) is 32.5 Å². The fourth-order valence-corrected chi connectivity index (χ4v) is 9.14. The van der Waals surface area contributed by atoms with Gasteiger partial charge in [0.15, 0.2) is 22.8 Å². The Morgan fingerprint density at radius 1 is 0.967 bits per heavy atom. The van der Waals surface area contributed by atoms with Crippen molar-refractivity contribution in [1.82, 2.24) is 30.2 Å². The number of carbonyl (C=O) groups is 3. The van der Waals surface area contributed by atoms with Crippen LogP contribution in [0.3, 0.4) is 0 Å². The second-order valence-electron chi connectivity index (χ2n) is 14.2. The largest absolute Gasteiger partial charge is 0.481 e. The smallest absolute Gasteiger partial charge is 0.412 e. The molecule has 3 rings (SSSR count). The lowest BCUT2D eigenvalue weighted by Gasteiger charge is -2.30. The average molecular weight is 940 g/mol. The second kappa shape index (κ2) is 24.4. The van der Waals surface area contributed by atoms with Crippen molar-refractivity contribution in [2.24, 2.45) is 5.41 Å². The number of anilines is 1. The lowest BCUT2D eigenvalue weighted by molar-refractivity contribution is -0.137. The predicted molar refractivity (Wildman–Crippen MR) is 213 cm³/mol. The number of hydrogen-bond donors (Lipinski definition) is 9. The lowest BCUT2D eigenvalue weighted by Crippen LogP contribution is -2.46. The number of nitrogen functional groups attached to an aromatic ring is 1. The summed E-state index contributed by atoms with van der Waals surface area (Å²) in [5.74, 6) is -1.03. The highest BCUT2D eigenvalue weighted by Crippen LogP contribution is 2.61. The van der Waals surface area contributed by atoms with E-state index in [1.807, 2.05) is 0 Å². The predicted octanol–water partition coefficient (Wildman–Crippen LogP) is 0.981. The van der Waals surface area contributed by atoms with Crippen LogP contribution in [0.25, 0.3) is 11.2 Å². The molecule has 344 valence electrons. The van der Waals surface area contributed by atoms with Gasteiger partial charge < -0.3 is 56.4 Å². The van der Waals surface area contributed by atoms with E-state index in [9.17, 15) is 57.9 Å². The van der Waals surface area contributed by atoms with Gasteiger partial charge in [-0.1, -0.05) is 71.1 Å². The van der Waals surface area contributed by atoms with E-state index in [-0.39, 0.29) is 47.1 Å². The minimum absolute atomic E-state index is 0. The minimum atomic E-state index is -5.57. The molecule has 0 aliphatic carbocycles. The first-order valence-corrected chi connectivity index (χ1v) is 24.1. The Kier molecular flexibility index (Phi) is 21.8. The van der Waals surface area contributed by atoms with Crippen LogP contribution in [0.15, 0.2) is 12.7 Å². The number of fused-ring (bicyclic) bond motifs is 1. The van der Waals surface area contributed by atoms with E-state index in [2.05, 4.69) is 41.3 Å². The standard InChI is InChI=1S/C31H54N7O17P3S.H2O/c1-4-5-6-7-8-9-10-11-22(40)59-15-14-33-21(39)12-13-34-29(43)26(42)31(2,3)17-52-58(49,50)55-57(47,48)51-16-20-25(54-56(44,45)46)24(41)30(53-20)38-19-37-23-27(32)35-18-36-28(23)38;/h18-20,24-26,30,41-42H,4-17H2,1-3H3,(H,33,39)(H,34,43)(H,47,48)(H,49,50)(H2,32,35,36)(H2,44,45,46);1H2/t20-,24-,25-,26+,30-;/m1./s1. The number of aromatic nitrogens is 4. The molecule has 3 heterocycles.